The Morgan fingerprint density at radius 3 is 2.73 bits per heavy atom. The van der Waals surface area contributed by atoms with Crippen LogP contribution >= 0.6 is 27.3 Å². The smallest absolute Gasteiger partial charge is 0.265 e. The Labute approximate surface area is 140 Å². The van der Waals surface area contributed by atoms with E-state index in [9.17, 15) is 4.79 Å². The van der Waals surface area contributed by atoms with Crippen molar-refractivity contribution in [1.29, 1.82) is 0 Å². The Morgan fingerprint density at radius 2 is 2.05 bits per heavy atom. The highest BCUT2D eigenvalue weighted by molar-refractivity contribution is 9.10. The largest absolute Gasteiger partial charge is 0.319 e. The van der Waals surface area contributed by atoms with Crippen molar-refractivity contribution in [1.82, 2.24) is 9.78 Å². The van der Waals surface area contributed by atoms with Gasteiger partial charge in [0, 0.05) is 15.5 Å². The summed E-state index contributed by atoms with van der Waals surface area (Å²) in [4.78, 5) is 13.9. The lowest BCUT2D eigenvalue weighted by Crippen LogP contribution is -2.09. The third-order valence-electron chi connectivity index (χ3n) is 3.11. The van der Waals surface area contributed by atoms with Crippen LogP contribution in [0.3, 0.4) is 0 Å². The summed E-state index contributed by atoms with van der Waals surface area (Å²) in [5, 5.41) is 7.15. The number of halogens is 1. The van der Waals surface area contributed by atoms with Crippen LogP contribution in [-0.2, 0) is 6.54 Å². The molecule has 0 aliphatic heterocycles. The summed E-state index contributed by atoms with van der Waals surface area (Å²) in [6.07, 6.45) is 3.50. The fourth-order valence-corrected chi connectivity index (χ4v) is 3.07. The molecule has 1 amide bonds. The van der Waals surface area contributed by atoms with Crippen LogP contribution in [-0.4, -0.2) is 15.7 Å². The molecule has 112 valence electrons. The molecule has 0 spiro atoms. The van der Waals surface area contributed by atoms with Gasteiger partial charge >= 0.3 is 0 Å². The van der Waals surface area contributed by atoms with E-state index in [2.05, 4.69) is 26.3 Å². The van der Waals surface area contributed by atoms with E-state index in [1.165, 1.54) is 11.3 Å². The first-order chi connectivity index (χ1) is 10.6. The maximum Gasteiger partial charge on any atom is 0.265 e. The first-order valence-corrected chi connectivity index (χ1v) is 8.36. The van der Waals surface area contributed by atoms with Gasteiger partial charge in [0.15, 0.2) is 0 Å². The fraction of sp³-hybridized carbons (Fsp3) is 0.125. The second kappa shape index (κ2) is 6.46. The highest BCUT2D eigenvalue weighted by atomic mass is 79.9. The normalized spacial score (nSPS) is 10.6. The lowest BCUT2D eigenvalue weighted by molar-refractivity contribution is 0.103. The minimum absolute atomic E-state index is 0.0960. The van der Waals surface area contributed by atoms with Crippen LogP contribution in [0.25, 0.3) is 0 Å². The van der Waals surface area contributed by atoms with E-state index in [1.54, 1.807) is 10.9 Å². The Bertz CT molecular complexity index is 792. The molecule has 3 aromatic rings. The van der Waals surface area contributed by atoms with Gasteiger partial charge in [0.25, 0.3) is 5.91 Å². The zero-order valence-electron chi connectivity index (χ0n) is 11.9. The maximum absolute atomic E-state index is 12.1. The molecule has 1 aromatic carbocycles. The van der Waals surface area contributed by atoms with Crippen molar-refractivity contribution in [2.45, 2.75) is 13.5 Å². The van der Waals surface area contributed by atoms with E-state index in [0.717, 1.165) is 14.9 Å². The summed E-state index contributed by atoms with van der Waals surface area (Å²) in [5.41, 5.74) is 1.85. The average Bonchev–Trinajstić information content (AvgIpc) is 3.11. The molecule has 6 heteroatoms. The lowest BCUT2D eigenvalue weighted by atomic mass is 10.2. The first kappa shape index (κ1) is 15.0. The van der Waals surface area contributed by atoms with Gasteiger partial charge in [-0.15, -0.1) is 11.3 Å². The van der Waals surface area contributed by atoms with Crippen LogP contribution in [0.4, 0.5) is 5.69 Å². The van der Waals surface area contributed by atoms with Crippen LogP contribution in [0.1, 0.15) is 20.1 Å². The van der Waals surface area contributed by atoms with Crippen LogP contribution < -0.4 is 5.32 Å². The number of hydrogen-bond donors (Lipinski definition) is 1. The molecule has 2 aromatic heterocycles. The second-order valence-corrected chi connectivity index (χ2v) is 7.12. The van der Waals surface area contributed by atoms with Crippen molar-refractivity contribution in [3.8, 4) is 0 Å². The van der Waals surface area contributed by atoms with Crippen molar-refractivity contribution in [2.24, 2.45) is 0 Å². The van der Waals surface area contributed by atoms with Gasteiger partial charge in [0.1, 0.15) is 0 Å². The van der Waals surface area contributed by atoms with Crippen molar-refractivity contribution < 1.29 is 4.79 Å². The van der Waals surface area contributed by atoms with Crippen molar-refractivity contribution >= 4 is 38.9 Å². The molecule has 2 heterocycles. The number of aryl methyl sites for hydroxylation is 1. The zero-order valence-corrected chi connectivity index (χ0v) is 14.3. The average molecular weight is 376 g/mol. The number of thiophene rings is 1. The second-order valence-electron chi connectivity index (χ2n) is 4.92. The summed E-state index contributed by atoms with van der Waals surface area (Å²) in [7, 11) is 0. The topological polar surface area (TPSA) is 46.9 Å². The van der Waals surface area contributed by atoms with E-state index >= 15 is 0 Å². The molecule has 0 aliphatic rings. The minimum Gasteiger partial charge on any atom is -0.319 e. The van der Waals surface area contributed by atoms with E-state index < -0.39 is 0 Å². The minimum atomic E-state index is -0.0960. The number of carbonyl (C=O) groups excluding carboxylic acids is 1. The van der Waals surface area contributed by atoms with Crippen LogP contribution in [0.15, 0.2) is 53.3 Å². The Kier molecular flexibility index (Phi) is 4.40. The van der Waals surface area contributed by atoms with E-state index in [1.807, 2.05) is 49.5 Å². The zero-order chi connectivity index (χ0) is 15.5. The molecular weight excluding hydrogens is 362 g/mol. The van der Waals surface area contributed by atoms with Crippen molar-refractivity contribution in [3.05, 3.63) is 68.6 Å². The molecule has 0 saturated carbocycles. The predicted octanol–water partition coefficient (Wildman–Crippen LogP) is 4.32. The van der Waals surface area contributed by atoms with Crippen LogP contribution in [0.2, 0.25) is 0 Å². The number of rotatable bonds is 4. The maximum atomic E-state index is 12.1. The molecule has 1 N–H and O–H groups in total. The van der Waals surface area contributed by atoms with Gasteiger partial charge in [-0.1, -0.05) is 28.1 Å². The summed E-state index contributed by atoms with van der Waals surface area (Å²) < 4.78 is 2.86. The highest BCUT2D eigenvalue weighted by Crippen LogP contribution is 2.17. The molecule has 0 fully saturated rings. The summed E-state index contributed by atoms with van der Waals surface area (Å²) in [5.74, 6) is -0.0960. The third kappa shape index (κ3) is 3.64. The number of benzene rings is 1. The standard InChI is InChI=1S/C16H14BrN3OS/c1-11-2-7-15(22-11)16(21)19-14-8-18-20(10-14)9-12-3-5-13(17)6-4-12/h2-8,10H,9H2,1H3,(H,19,21). The predicted molar refractivity (Wildman–Crippen MR) is 92.5 cm³/mol. The van der Waals surface area contributed by atoms with Gasteiger partial charge in [-0.25, -0.2) is 0 Å². The van der Waals surface area contributed by atoms with E-state index in [0.29, 0.717) is 17.1 Å². The molecule has 0 aliphatic carbocycles. The third-order valence-corrected chi connectivity index (χ3v) is 4.64. The van der Waals surface area contributed by atoms with E-state index in [4.69, 9.17) is 0 Å². The van der Waals surface area contributed by atoms with Crippen molar-refractivity contribution in [3.63, 3.8) is 0 Å². The van der Waals surface area contributed by atoms with Crippen molar-refractivity contribution in [2.75, 3.05) is 5.32 Å². The quantitative estimate of drug-likeness (QED) is 0.737. The molecular formula is C16H14BrN3OS. The molecule has 4 nitrogen and oxygen atoms in total. The van der Waals surface area contributed by atoms with Gasteiger partial charge in [-0.05, 0) is 36.8 Å². The van der Waals surface area contributed by atoms with Gasteiger partial charge in [-0.2, -0.15) is 5.10 Å². The Balaban J connectivity index is 1.66. The fourth-order valence-electron chi connectivity index (χ4n) is 2.04. The molecule has 0 radical (unpaired) electrons. The number of anilines is 1. The molecule has 0 unspecified atom stereocenters. The number of aromatic nitrogens is 2. The van der Waals surface area contributed by atoms with Gasteiger partial charge in [-0.3, -0.25) is 9.48 Å². The molecule has 22 heavy (non-hydrogen) atoms. The van der Waals surface area contributed by atoms with Crippen LogP contribution in [0, 0.1) is 6.92 Å². The van der Waals surface area contributed by atoms with Gasteiger partial charge in [0.05, 0.1) is 23.3 Å². The number of nitrogens with one attached hydrogen (secondary N) is 1. The molecule has 0 saturated heterocycles. The Hall–Kier alpha value is -1.92. The number of amides is 1. The number of nitrogens with zero attached hydrogens (tertiary/aromatic N) is 2. The first-order valence-electron chi connectivity index (χ1n) is 6.75. The molecule has 0 atom stereocenters. The van der Waals surface area contributed by atoms with Gasteiger partial charge in [0.2, 0.25) is 0 Å². The highest BCUT2D eigenvalue weighted by Gasteiger charge is 2.09. The Morgan fingerprint density at radius 1 is 1.27 bits per heavy atom. The van der Waals surface area contributed by atoms with Crippen LogP contribution in [0.5, 0.6) is 0 Å². The SMILES string of the molecule is Cc1ccc(C(=O)Nc2cnn(Cc3ccc(Br)cc3)c2)s1. The van der Waals surface area contributed by atoms with E-state index in [-0.39, 0.29) is 5.91 Å². The summed E-state index contributed by atoms with van der Waals surface area (Å²) in [6, 6.07) is 11.9. The summed E-state index contributed by atoms with van der Waals surface area (Å²) in [6.45, 7) is 2.65. The molecule has 3 rings (SSSR count). The number of carbonyl (C=O) groups is 1. The summed E-state index contributed by atoms with van der Waals surface area (Å²) >= 11 is 4.90. The lowest BCUT2D eigenvalue weighted by Gasteiger charge is -2.02. The van der Waals surface area contributed by atoms with Gasteiger partial charge < -0.3 is 5.32 Å². The monoisotopic (exact) mass is 375 g/mol. The molecule has 0 bridgehead atoms. The number of hydrogen-bond acceptors (Lipinski definition) is 3.